The Labute approximate surface area is 281 Å². The number of anilines is 2. The molecule has 3 aromatic rings. The SMILES string of the molecule is CN1CCC[C@H]1COc1nc2c(c(N3CCN(C(=O)[C@H]4N[C@@H]4C4CCC4)[C@@H](CC#N)C3)n1)CCN(c1cccc3cccc(Cl)c13)C2. The summed E-state index contributed by atoms with van der Waals surface area (Å²) in [5.74, 6) is 1.66. The molecule has 246 valence electrons. The van der Waals surface area contributed by atoms with Crippen LogP contribution in [0.25, 0.3) is 10.8 Å². The Morgan fingerprint density at radius 2 is 1.89 bits per heavy atom. The van der Waals surface area contributed by atoms with Crippen LogP contribution >= 0.6 is 11.6 Å². The minimum Gasteiger partial charge on any atom is -0.462 e. The topological polar surface area (TPSA) is 111 Å². The highest BCUT2D eigenvalue weighted by Crippen LogP contribution is 2.39. The number of hydrogen-bond donors (Lipinski definition) is 1. The second kappa shape index (κ2) is 12.8. The van der Waals surface area contributed by atoms with Crippen molar-refractivity contribution in [1.29, 1.82) is 5.26 Å². The third-order valence-electron chi connectivity index (χ3n) is 11.2. The third-order valence-corrected chi connectivity index (χ3v) is 11.5. The summed E-state index contributed by atoms with van der Waals surface area (Å²) in [6.45, 7) is 4.84. The zero-order valence-corrected chi connectivity index (χ0v) is 27.8. The summed E-state index contributed by atoms with van der Waals surface area (Å²) in [6, 6.07) is 15.5. The number of carbonyl (C=O) groups is 1. The van der Waals surface area contributed by atoms with Crippen LogP contribution in [-0.4, -0.2) is 96.2 Å². The molecule has 4 fully saturated rings. The first-order chi connectivity index (χ1) is 23.0. The van der Waals surface area contributed by atoms with Crippen molar-refractivity contribution in [2.24, 2.45) is 5.92 Å². The monoisotopic (exact) mass is 654 g/mol. The van der Waals surface area contributed by atoms with Crippen molar-refractivity contribution < 1.29 is 9.53 Å². The maximum Gasteiger partial charge on any atom is 0.318 e. The van der Waals surface area contributed by atoms with Gasteiger partial charge in [0, 0.05) is 54.9 Å². The van der Waals surface area contributed by atoms with E-state index in [4.69, 9.17) is 26.3 Å². The zero-order chi connectivity index (χ0) is 32.1. The number of nitrogens with zero attached hydrogens (tertiary/aromatic N) is 7. The molecule has 0 bridgehead atoms. The van der Waals surface area contributed by atoms with Crippen LogP contribution in [0.3, 0.4) is 0 Å². The fourth-order valence-corrected chi connectivity index (χ4v) is 8.48. The zero-order valence-electron chi connectivity index (χ0n) is 27.1. The fourth-order valence-electron chi connectivity index (χ4n) is 8.20. The first kappa shape index (κ1) is 30.7. The van der Waals surface area contributed by atoms with Gasteiger partial charge in [0.05, 0.1) is 35.8 Å². The van der Waals surface area contributed by atoms with Crippen LogP contribution in [0.15, 0.2) is 36.4 Å². The Kier molecular flexibility index (Phi) is 8.32. The molecule has 5 heterocycles. The molecule has 1 aliphatic carbocycles. The van der Waals surface area contributed by atoms with Gasteiger partial charge >= 0.3 is 6.01 Å². The van der Waals surface area contributed by atoms with Crippen molar-refractivity contribution in [3.8, 4) is 12.1 Å². The summed E-state index contributed by atoms with van der Waals surface area (Å²) < 4.78 is 6.36. The molecule has 1 amide bonds. The molecule has 4 aliphatic heterocycles. The molecule has 1 aromatic heterocycles. The van der Waals surface area contributed by atoms with E-state index < -0.39 is 0 Å². The number of likely N-dealkylation sites (N-methyl/N-ethyl adjacent to an activating group) is 1. The van der Waals surface area contributed by atoms with Crippen LogP contribution in [0.5, 0.6) is 6.01 Å². The molecule has 0 spiro atoms. The lowest BCUT2D eigenvalue weighted by Crippen LogP contribution is -2.57. The van der Waals surface area contributed by atoms with Crippen molar-refractivity contribution >= 4 is 39.8 Å². The average Bonchev–Trinajstić information content (AvgIpc) is 3.72. The second-order valence-corrected chi connectivity index (χ2v) is 14.4. The van der Waals surface area contributed by atoms with E-state index in [1.165, 1.54) is 25.7 Å². The van der Waals surface area contributed by atoms with Gasteiger partial charge in [0.2, 0.25) is 5.91 Å². The first-order valence-corrected chi connectivity index (χ1v) is 17.7. The van der Waals surface area contributed by atoms with Crippen molar-refractivity contribution in [3.05, 3.63) is 52.7 Å². The van der Waals surface area contributed by atoms with E-state index in [2.05, 4.69) is 57.4 Å². The molecular weight excluding hydrogens is 612 g/mol. The van der Waals surface area contributed by atoms with Gasteiger partial charge in [-0.05, 0) is 69.1 Å². The van der Waals surface area contributed by atoms with E-state index in [-0.39, 0.29) is 18.0 Å². The molecule has 2 aromatic carbocycles. The maximum atomic E-state index is 13.6. The van der Waals surface area contributed by atoms with Crippen molar-refractivity contribution in [1.82, 2.24) is 25.1 Å². The van der Waals surface area contributed by atoms with E-state index in [1.54, 1.807) is 0 Å². The predicted molar refractivity (Wildman–Crippen MR) is 183 cm³/mol. The van der Waals surface area contributed by atoms with Gasteiger partial charge in [-0.1, -0.05) is 42.3 Å². The molecule has 0 radical (unpaired) electrons. The molecule has 3 saturated heterocycles. The summed E-state index contributed by atoms with van der Waals surface area (Å²) in [5.41, 5.74) is 3.19. The van der Waals surface area contributed by atoms with Crippen molar-refractivity contribution in [2.45, 2.75) is 75.7 Å². The van der Waals surface area contributed by atoms with Crippen molar-refractivity contribution in [2.75, 3.05) is 56.2 Å². The van der Waals surface area contributed by atoms with Crippen LogP contribution in [0, 0.1) is 17.2 Å². The lowest BCUT2D eigenvalue weighted by Gasteiger charge is -2.42. The minimum absolute atomic E-state index is 0.0953. The Morgan fingerprint density at radius 3 is 2.66 bits per heavy atom. The number of halogens is 1. The van der Waals surface area contributed by atoms with Gasteiger partial charge in [0.15, 0.2) is 0 Å². The van der Waals surface area contributed by atoms with Crippen LogP contribution < -0.4 is 19.9 Å². The Morgan fingerprint density at radius 1 is 1.04 bits per heavy atom. The molecule has 47 heavy (non-hydrogen) atoms. The number of carbonyl (C=O) groups excluding carboxylic acids is 1. The molecule has 1 saturated carbocycles. The number of benzene rings is 2. The smallest absolute Gasteiger partial charge is 0.318 e. The Hall–Kier alpha value is -3.65. The van der Waals surface area contributed by atoms with Crippen LogP contribution in [0.1, 0.15) is 49.8 Å². The van der Waals surface area contributed by atoms with Crippen molar-refractivity contribution in [3.63, 3.8) is 0 Å². The van der Waals surface area contributed by atoms with E-state index in [1.807, 2.05) is 17.0 Å². The molecule has 1 N–H and O–H groups in total. The highest BCUT2D eigenvalue weighted by molar-refractivity contribution is 6.36. The van der Waals surface area contributed by atoms with E-state index >= 15 is 0 Å². The maximum absolute atomic E-state index is 13.6. The summed E-state index contributed by atoms with van der Waals surface area (Å²) >= 11 is 6.74. The first-order valence-electron chi connectivity index (χ1n) is 17.3. The van der Waals surface area contributed by atoms with Crippen LogP contribution in [0.2, 0.25) is 5.02 Å². The molecule has 10 nitrogen and oxygen atoms in total. The van der Waals surface area contributed by atoms with Crippen LogP contribution in [-0.2, 0) is 17.8 Å². The average molecular weight is 655 g/mol. The number of hydrogen-bond acceptors (Lipinski definition) is 9. The molecule has 5 aliphatic rings. The largest absolute Gasteiger partial charge is 0.462 e. The van der Waals surface area contributed by atoms with Gasteiger partial charge in [-0.25, -0.2) is 0 Å². The summed E-state index contributed by atoms with van der Waals surface area (Å²) in [4.78, 5) is 32.6. The van der Waals surface area contributed by atoms with Gasteiger partial charge < -0.3 is 24.3 Å². The summed E-state index contributed by atoms with van der Waals surface area (Å²) in [6.07, 6.45) is 7.03. The van der Waals surface area contributed by atoms with Gasteiger partial charge in [-0.2, -0.15) is 15.2 Å². The standard InChI is InChI=1S/C36H43ClN8O2/c1-42-16-5-10-26(42)22-47-36-39-29-21-43(30-12-4-7-23-6-3-11-28(37)31(23)30)17-14-27(29)34(41-36)44-18-19-45(25(20-44)13-15-38)35(46)33-32(40-33)24-8-2-9-24/h3-4,6-7,11-12,24-26,32-33,40H,2,5,8-10,13-14,16-22H2,1H3/t25-,26-,32+,33-/m0/s1. The molecular formula is C36H43ClN8O2. The van der Waals surface area contributed by atoms with E-state index in [9.17, 15) is 10.1 Å². The molecule has 0 unspecified atom stereocenters. The number of nitrogens with one attached hydrogen (secondary N) is 1. The summed E-state index contributed by atoms with van der Waals surface area (Å²) in [5, 5.41) is 16.2. The highest BCUT2D eigenvalue weighted by atomic mass is 35.5. The van der Waals surface area contributed by atoms with Crippen LogP contribution in [0.4, 0.5) is 11.5 Å². The summed E-state index contributed by atoms with van der Waals surface area (Å²) in [7, 11) is 2.15. The Bertz CT molecular complexity index is 1700. The number of nitriles is 1. The lowest BCUT2D eigenvalue weighted by atomic mass is 9.81. The molecule has 4 atom stereocenters. The number of fused-ring (bicyclic) bond motifs is 2. The normalized spacial score (nSPS) is 26.2. The number of ether oxygens (including phenoxy) is 1. The quantitative estimate of drug-likeness (QED) is 0.354. The number of rotatable bonds is 8. The van der Waals surface area contributed by atoms with Gasteiger partial charge in [0.1, 0.15) is 18.5 Å². The second-order valence-electron chi connectivity index (χ2n) is 14.0. The number of amides is 1. The van der Waals surface area contributed by atoms with Gasteiger partial charge in [-0.3, -0.25) is 10.1 Å². The highest BCUT2D eigenvalue weighted by Gasteiger charge is 2.51. The van der Waals surface area contributed by atoms with Gasteiger partial charge in [-0.15, -0.1) is 0 Å². The van der Waals surface area contributed by atoms with E-state index in [0.717, 1.165) is 64.5 Å². The van der Waals surface area contributed by atoms with Gasteiger partial charge in [0.25, 0.3) is 0 Å². The number of aromatic nitrogens is 2. The molecule has 11 heteroatoms. The Balaban J connectivity index is 1.08. The number of likely N-dealkylation sites (tertiary alicyclic amines) is 1. The number of piperazine rings is 1. The molecule has 8 rings (SSSR count). The lowest BCUT2D eigenvalue weighted by molar-refractivity contribution is -0.133. The third kappa shape index (κ3) is 5.87. The minimum atomic E-state index is -0.189. The fraction of sp³-hybridized carbons (Fsp3) is 0.556. The van der Waals surface area contributed by atoms with E-state index in [0.29, 0.717) is 63.2 Å². The predicted octanol–water partition coefficient (Wildman–Crippen LogP) is 4.39.